The van der Waals surface area contributed by atoms with Gasteiger partial charge in [-0.3, -0.25) is 9.78 Å². The second kappa shape index (κ2) is 7.66. The van der Waals surface area contributed by atoms with Crippen molar-refractivity contribution >= 4 is 39.2 Å². The van der Waals surface area contributed by atoms with Gasteiger partial charge in [-0.1, -0.05) is 12.1 Å². The molecule has 7 heteroatoms. The average molecular weight is 393 g/mol. The third kappa shape index (κ3) is 3.94. The summed E-state index contributed by atoms with van der Waals surface area (Å²) in [6.45, 7) is 0. The average Bonchev–Trinajstić information content (AvgIpc) is 3.12. The molecule has 28 heavy (non-hydrogen) atoms. The topological polar surface area (TPSA) is 54.9 Å². The van der Waals surface area contributed by atoms with E-state index in [0.717, 1.165) is 16.4 Å². The highest BCUT2D eigenvalue weighted by molar-refractivity contribution is 7.21. The fourth-order valence-electron chi connectivity index (χ4n) is 2.66. The summed E-state index contributed by atoms with van der Waals surface area (Å²) in [5, 5.41) is 3.33. The molecule has 0 aliphatic heterocycles. The number of fused-ring (bicyclic) bond motifs is 1. The van der Waals surface area contributed by atoms with E-state index >= 15 is 0 Å². The number of hydrogen-bond donors (Lipinski definition) is 1. The highest BCUT2D eigenvalue weighted by Gasteiger charge is 2.13. The Labute approximate surface area is 163 Å². The first-order valence-electron chi connectivity index (χ1n) is 8.33. The second-order valence-electron chi connectivity index (χ2n) is 5.94. The SMILES string of the molecule is O=C(C=Cc1cncc(F)c1)Nc1ccc(F)cc1-c1nc2ccccc2s1. The Kier molecular flexibility index (Phi) is 4.90. The van der Waals surface area contributed by atoms with Gasteiger partial charge in [-0.05, 0) is 48.0 Å². The Balaban J connectivity index is 1.62. The number of thiazole rings is 1. The van der Waals surface area contributed by atoms with Crippen LogP contribution >= 0.6 is 11.3 Å². The Morgan fingerprint density at radius 1 is 1.04 bits per heavy atom. The molecule has 4 aromatic rings. The van der Waals surface area contributed by atoms with Gasteiger partial charge in [0.2, 0.25) is 5.91 Å². The number of aromatic nitrogens is 2. The first kappa shape index (κ1) is 17.9. The van der Waals surface area contributed by atoms with E-state index in [0.29, 0.717) is 21.8 Å². The number of nitrogens with one attached hydrogen (secondary N) is 1. The lowest BCUT2D eigenvalue weighted by molar-refractivity contribution is -0.111. The number of pyridine rings is 1. The van der Waals surface area contributed by atoms with Gasteiger partial charge in [0.1, 0.15) is 16.6 Å². The van der Waals surface area contributed by atoms with Gasteiger partial charge in [-0.2, -0.15) is 0 Å². The summed E-state index contributed by atoms with van der Waals surface area (Å²) < 4.78 is 28.0. The lowest BCUT2D eigenvalue weighted by atomic mass is 10.1. The predicted octanol–water partition coefficient (Wildman–Crippen LogP) is 5.29. The number of hydrogen-bond acceptors (Lipinski definition) is 4. The summed E-state index contributed by atoms with van der Waals surface area (Å²) in [5.74, 6) is -1.34. The van der Waals surface area contributed by atoms with Crippen LogP contribution in [0.1, 0.15) is 5.56 Å². The van der Waals surface area contributed by atoms with Gasteiger partial charge >= 0.3 is 0 Å². The van der Waals surface area contributed by atoms with Gasteiger partial charge in [0, 0.05) is 17.8 Å². The number of benzene rings is 2. The van der Waals surface area contributed by atoms with Gasteiger partial charge in [-0.25, -0.2) is 13.8 Å². The van der Waals surface area contributed by atoms with Gasteiger partial charge < -0.3 is 5.32 Å². The number of amides is 1. The van der Waals surface area contributed by atoms with Crippen LogP contribution in [0, 0.1) is 11.6 Å². The minimum Gasteiger partial charge on any atom is -0.322 e. The van der Waals surface area contributed by atoms with Crippen molar-refractivity contribution in [2.75, 3.05) is 5.32 Å². The molecule has 2 aromatic heterocycles. The van der Waals surface area contributed by atoms with Gasteiger partial charge in [-0.15, -0.1) is 11.3 Å². The van der Waals surface area contributed by atoms with Crippen LogP contribution in [0.15, 0.2) is 67.0 Å². The van der Waals surface area contributed by atoms with Crippen LogP contribution in [0.5, 0.6) is 0 Å². The molecule has 2 aromatic carbocycles. The lowest BCUT2D eigenvalue weighted by Crippen LogP contribution is -2.09. The van der Waals surface area contributed by atoms with Gasteiger partial charge in [0.05, 0.1) is 22.1 Å². The lowest BCUT2D eigenvalue weighted by Gasteiger charge is -2.08. The summed E-state index contributed by atoms with van der Waals surface area (Å²) in [5.41, 5.74) is 2.20. The molecule has 0 atom stereocenters. The van der Waals surface area contributed by atoms with E-state index in [1.807, 2.05) is 24.3 Å². The predicted molar refractivity (Wildman–Crippen MR) is 107 cm³/mol. The largest absolute Gasteiger partial charge is 0.322 e. The van der Waals surface area contributed by atoms with E-state index < -0.39 is 17.5 Å². The Morgan fingerprint density at radius 3 is 2.71 bits per heavy atom. The van der Waals surface area contributed by atoms with Crippen molar-refractivity contribution in [3.05, 3.63) is 84.2 Å². The van der Waals surface area contributed by atoms with Crippen LogP contribution in [-0.2, 0) is 4.79 Å². The monoisotopic (exact) mass is 393 g/mol. The Hall–Kier alpha value is -3.45. The molecule has 4 rings (SSSR count). The maximum atomic E-state index is 13.8. The molecule has 0 fully saturated rings. The van der Waals surface area contributed by atoms with E-state index in [-0.39, 0.29) is 0 Å². The molecule has 0 aliphatic carbocycles. The molecule has 0 saturated carbocycles. The quantitative estimate of drug-likeness (QED) is 0.480. The number of halogens is 2. The van der Waals surface area contributed by atoms with Crippen LogP contribution in [-0.4, -0.2) is 15.9 Å². The molecular formula is C21H13F2N3OS. The number of para-hydroxylation sites is 1. The van der Waals surface area contributed by atoms with Crippen molar-refractivity contribution in [1.29, 1.82) is 0 Å². The Bertz CT molecular complexity index is 1170. The molecule has 1 N–H and O–H groups in total. The molecule has 0 unspecified atom stereocenters. The first-order valence-corrected chi connectivity index (χ1v) is 9.15. The smallest absolute Gasteiger partial charge is 0.248 e. The van der Waals surface area contributed by atoms with Crippen LogP contribution in [0.4, 0.5) is 14.5 Å². The van der Waals surface area contributed by atoms with E-state index in [2.05, 4.69) is 15.3 Å². The number of carbonyl (C=O) groups excluding carboxylic acids is 1. The molecule has 2 heterocycles. The van der Waals surface area contributed by atoms with Gasteiger partial charge in [0.25, 0.3) is 0 Å². The summed E-state index contributed by atoms with van der Waals surface area (Å²) >= 11 is 1.42. The molecule has 0 bridgehead atoms. The highest BCUT2D eigenvalue weighted by Crippen LogP contribution is 2.35. The molecule has 1 amide bonds. The first-order chi connectivity index (χ1) is 13.6. The van der Waals surface area contributed by atoms with Crippen molar-refractivity contribution in [2.24, 2.45) is 0 Å². The van der Waals surface area contributed by atoms with Crippen LogP contribution in [0.3, 0.4) is 0 Å². The standard InChI is InChI=1S/C21H13F2N3OS/c22-14-6-7-17(25-20(27)8-5-13-9-15(23)12-24-11-13)16(10-14)21-26-18-3-1-2-4-19(18)28-21/h1-12H,(H,25,27). The zero-order chi connectivity index (χ0) is 19.5. The fraction of sp³-hybridized carbons (Fsp3) is 0. The molecular weight excluding hydrogens is 380 g/mol. The maximum absolute atomic E-state index is 13.8. The van der Waals surface area contributed by atoms with Crippen LogP contribution in [0.25, 0.3) is 26.9 Å². The highest BCUT2D eigenvalue weighted by atomic mass is 32.1. The van der Waals surface area contributed by atoms with Crippen molar-refractivity contribution in [3.63, 3.8) is 0 Å². The van der Waals surface area contributed by atoms with E-state index in [1.54, 1.807) is 0 Å². The maximum Gasteiger partial charge on any atom is 0.248 e. The zero-order valence-corrected chi connectivity index (χ0v) is 15.2. The summed E-state index contributed by atoms with van der Waals surface area (Å²) in [6.07, 6.45) is 5.24. The summed E-state index contributed by atoms with van der Waals surface area (Å²) in [4.78, 5) is 20.5. The third-order valence-electron chi connectivity index (χ3n) is 3.92. The molecule has 0 radical (unpaired) electrons. The van der Waals surface area contributed by atoms with Gasteiger partial charge in [0.15, 0.2) is 0 Å². The molecule has 0 aliphatic rings. The molecule has 4 nitrogen and oxygen atoms in total. The van der Waals surface area contributed by atoms with Crippen LogP contribution < -0.4 is 5.32 Å². The summed E-state index contributed by atoms with van der Waals surface area (Å²) in [7, 11) is 0. The third-order valence-corrected chi connectivity index (χ3v) is 4.99. The van der Waals surface area contributed by atoms with Crippen molar-refractivity contribution in [2.45, 2.75) is 0 Å². The number of rotatable bonds is 4. The number of anilines is 1. The fourth-order valence-corrected chi connectivity index (χ4v) is 3.65. The van der Waals surface area contributed by atoms with Crippen molar-refractivity contribution < 1.29 is 13.6 Å². The van der Waals surface area contributed by atoms with E-state index in [4.69, 9.17) is 0 Å². The molecule has 138 valence electrons. The van der Waals surface area contributed by atoms with Crippen molar-refractivity contribution in [3.8, 4) is 10.6 Å². The minimum atomic E-state index is -0.487. The molecule has 0 spiro atoms. The minimum absolute atomic E-state index is 0.423. The summed E-state index contributed by atoms with van der Waals surface area (Å²) in [6, 6.07) is 13.0. The van der Waals surface area contributed by atoms with E-state index in [1.165, 1.54) is 54.0 Å². The number of nitrogens with zero attached hydrogens (tertiary/aromatic N) is 2. The molecule has 0 saturated heterocycles. The zero-order valence-electron chi connectivity index (χ0n) is 14.4. The normalized spacial score (nSPS) is 11.2. The number of carbonyl (C=O) groups is 1. The Morgan fingerprint density at radius 2 is 1.89 bits per heavy atom. The van der Waals surface area contributed by atoms with E-state index in [9.17, 15) is 13.6 Å². The van der Waals surface area contributed by atoms with Crippen LogP contribution in [0.2, 0.25) is 0 Å². The second-order valence-corrected chi connectivity index (χ2v) is 6.97. The van der Waals surface area contributed by atoms with Crippen molar-refractivity contribution in [1.82, 2.24) is 9.97 Å².